The van der Waals surface area contributed by atoms with Crippen LogP contribution in [0.4, 0.5) is 10.6 Å². The quantitative estimate of drug-likeness (QED) is 0.931. The SMILES string of the molecule is CCC(C)(C)N1CCN(C(=O)Nc2noc(C)c2C)CC1. The molecule has 1 aromatic rings. The van der Waals surface area contributed by atoms with E-state index in [1.54, 1.807) is 0 Å². The zero-order valence-corrected chi connectivity index (χ0v) is 13.7. The Labute approximate surface area is 126 Å². The number of carbonyl (C=O) groups excluding carboxylic acids is 1. The van der Waals surface area contributed by atoms with E-state index < -0.39 is 0 Å². The van der Waals surface area contributed by atoms with Crippen molar-refractivity contribution < 1.29 is 9.32 Å². The Balaban J connectivity index is 1.90. The maximum Gasteiger partial charge on any atom is 0.323 e. The Morgan fingerprint density at radius 1 is 1.29 bits per heavy atom. The summed E-state index contributed by atoms with van der Waals surface area (Å²) in [6.07, 6.45) is 1.11. The Morgan fingerprint density at radius 2 is 1.90 bits per heavy atom. The highest BCUT2D eigenvalue weighted by Crippen LogP contribution is 2.21. The van der Waals surface area contributed by atoms with Gasteiger partial charge >= 0.3 is 6.03 Å². The lowest BCUT2D eigenvalue weighted by atomic mass is 9.98. The average molecular weight is 294 g/mol. The molecule has 0 saturated carbocycles. The molecular weight excluding hydrogens is 268 g/mol. The van der Waals surface area contributed by atoms with E-state index in [2.05, 4.69) is 36.1 Å². The standard InChI is InChI=1S/C15H26N4O2/c1-6-15(4,5)19-9-7-18(8-10-19)14(20)16-13-11(2)12(3)21-17-13/h6-10H2,1-5H3,(H,16,17,20). The van der Waals surface area contributed by atoms with Crippen LogP contribution in [-0.2, 0) is 0 Å². The first-order valence-electron chi connectivity index (χ1n) is 7.59. The second kappa shape index (κ2) is 6.05. The Hall–Kier alpha value is -1.56. The molecule has 1 fully saturated rings. The van der Waals surface area contributed by atoms with Gasteiger partial charge in [0.25, 0.3) is 0 Å². The first-order valence-corrected chi connectivity index (χ1v) is 7.59. The molecule has 0 unspecified atom stereocenters. The van der Waals surface area contributed by atoms with Crippen LogP contribution in [0.5, 0.6) is 0 Å². The van der Waals surface area contributed by atoms with E-state index in [9.17, 15) is 4.79 Å². The summed E-state index contributed by atoms with van der Waals surface area (Å²) < 4.78 is 5.07. The van der Waals surface area contributed by atoms with Crippen molar-refractivity contribution in [1.29, 1.82) is 0 Å². The van der Waals surface area contributed by atoms with E-state index in [0.717, 1.165) is 43.9 Å². The van der Waals surface area contributed by atoms with Crippen molar-refractivity contribution in [2.75, 3.05) is 31.5 Å². The Bertz CT molecular complexity index is 502. The van der Waals surface area contributed by atoms with Crippen LogP contribution in [0.15, 0.2) is 4.52 Å². The summed E-state index contributed by atoms with van der Waals surface area (Å²) in [4.78, 5) is 16.6. The second-order valence-electron chi connectivity index (χ2n) is 6.28. The van der Waals surface area contributed by atoms with Crippen LogP contribution in [-0.4, -0.2) is 52.7 Å². The highest BCUT2D eigenvalue weighted by Gasteiger charge is 2.30. The largest absolute Gasteiger partial charge is 0.359 e. The smallest absolute Gasteiger partial charge is 0.323 e. The number of hydrogen-bond donors (Lipinski definition) is 1. The molecular formula is C15H26N4O2. The highest BCUT2D eigenvalue weighted by molar-refractivity contribution is 5.89. The number of nitrogens with one attached hydrogen (secondary N) is 1. The van der Waals surface area contributed by atoms with Crippen molar-refractivity contribution in [3.05, 3.63) is 11.3 Å². The molecule has 2 heterocycles. The van der Waals surface area contributed by atoms with E-state index in [1.807, 2.05) is 18.7 Å². The van der Waals surface area contributed by atoms with E-state index in [-0.39, 0.29) is 11.6 Å². The van der Waals surface area contributed by atoms with Crippen molar-refractivity contribution >= 4 is 11.8 Å². The molecule has 1 aromatic heterocycles. The Kier molecular flexibility index (Phi) is 4.56. The number of rotatable bonds is 3. The first kappa shape index (κ1) is 15.8. The molecule has 0 aromatic carbocycles. The lowest BCUT2D eigenvalue weighted by Gasteiger charge is -2.43. The molecule has 21 heavy (non-hydrogen) atoms. The van der Waals surface area contributed by atoms with Crippen LogP contribution >= 0.6 is 0 Å². The van der Waals surface area contributed by atoms with Gasteiger partial charge in [-0.15, -0.1) is 0 Å². The molecule has 0 bridgehead atoms. The topological polar surface area (TPSA) is 61.6 Å². The third kappa shape index (κ3) is 3.37. The molecule has 1 saturated heterocycles. The highest BCUT2D eigenvalue weighted by atomic mass is 16.5. The van der Waals surface area contributed by atoms with Crippen molar-refractivity contribution in [3.63, 3.8) is 0 Å². The van der Waals surface area contributed by atoms with Gasteiger partial charge in [0.1, 0.15) is 5.76 Å². The summed E-state index contributed by atoms with van der Waals surface area (Å²) in [7, 11) is 0. The monoisotopic (exact) mass is 294 g/mol. The minimum Gasteiger partial charge on any atom is -0.359 e. The summed E-state index contributed by atoms with van der Waals surface area (Å²) in [6, 6.07) is -0.0969. The van der Waals surface area contributed by atoms with Crippen LogP contribution in [0.25, 0.3) is 0 Å². The fourth-order valence-electron chi connectivity index (χ4n) is 2.45. The van der Waals surface area contributed by atoms with Crippen LogP contribution in [0.2, 0.25) is 0 Å². The number of amides is 2. The van der Waals surface area contributed by atoms with Gasteiger partial charge in [0.2, 0.25) is 0 Å². The maximum absolute atomic E-state index is 12.3. The predicted molar refractivity (Wildman–Crippen MR) is 82.5 cm³/mol. The summed E-state index contributed by atoms with van der Waals surface area (Å²) in [6.45, 7) is 13.7. The molecule has 0 aliphatic carbocycles. The second-order valence-corrected chi connectivity index (χ2v) is 6.28. The number of nitrogens with zero attached hydrogens (tertiary/aromatic N) is 3. The number of urea groups is 1. The predicted octanol–water partition coefficient (Wildman–Crippen LogP) is 2.63. The number of anilines is 1. The minimum atomic E-state index is -0.0969. The lowest BCUT2D eigenvalue weighted by Crippen LogP contribution is -2.56. The molecule has 0 spiro atoms. The molecule has 1 N–H and O–H groups in total. The minimum absolute atomic E-state index is 0.0969. The third-order valence-electron chi connectivity index (χ3n) is 4.67. The molecule has 2 rings (SSSR count). The van der Waals surface area contributed by atoms with E-state index in [0.29, 0.717) is 5.82 Å². The van der Waals surface area contributed by atoms with Gasteiger partial charge in [0.15, 0.2) is 5.82 Å². The van der Waals surface area contributed by atoms with E-state index in [1.165, 1.54) is 0 Å². The fourth-order valence-corrected chi connectivity index (χ4v) is 2.45. The maximum atomic E-state index is 12.3. The number of carbonyl (C=O) groups is 1. The van der Waals surface area contributed by atoms with Crippen LogP contribution in [0.1, 0.15) is 38.5 Å². The van der Waals surface area contributed by atoms with Gasteiger partial charge in [0.05, 0.1) is 0 Å². The molecule has 6 nitrogen and oxygen atoms in total. The molecule has 118 valence electrons. The van der Waals surface area contributed by atoms with Crippen LogP contribution in [0, 0.1) is 13.8 Å². The summed E-state index contributed by atoms with van der Waals surface area (Å²) in [5.41, 5.74) is 1.08. The van der Waals surface area contributed by atoms with E-state index in [4.69, 9.17) is 4.52 Å². The van der Waals surface area contributed by atoms with E-state index >= 15 is 0 Å². The number of piperazine rings is 1. The summed E-state index contributed by atoms with van der Waals surface area (Å²) in [5.74, 6) is 1.26. The van der Waals surface area contributed by atoms with Gasteiger partial charge in [-0.05, 0) is 34.1 Å². The normalized spacial score (nSPS) is 17.1. The van der Waals surface area contributed by atoms with Gasteiger partial charge in [-0.25, -0.2) is 4.79 Å². The average Bonchev–Trinajstić information content (AvgIpc) is 2.79. The van der Waals surface area contributed by atoms with Gasteiger partial charge < -0.3 is 9.42 Å². The summed E-state index contributed by atoms with van der Waals surface area (Å²) >= 11 is 0. The molecule has 6 heteroatoms. The van der Waals surface area contributed by atoms with Crippen molar-refractivity contribution in [3.8, 4) is 0 Å². The van der Waals surface area contributed by atoms with Crippen molar-refractivity contribution in [2.45, 2.75) is 46.6 Å². The third-order valence-corrected chi connectivity index (χ3v) is 4.67. The Morgan fingerprint density at radius 3 is 2.38 bits per heavy atom. The van der Waals surface area contributed by atoms with Gasteiger partial charge in [0, 0.05) is 37.3 Å². The van der Waals surface area contributed by atoms with Gasteiger partial charge in [-0.2, -0.15) is 0 Å². The molecule has 1 aliphatic heterocycles. The molecule has 0 atom stereocenters. The first-order chi connectivity index (χ1) is 9.85. The zero-order chi connectivity index (χ0) is 15.6. The van der Waals surface area contributed by atoms with Crippen LogP contribution in [0.3, 0.4) is 0 Å². The van der Waals surface area contributed by atoms with Crippen LogP contribution < -0.4 is 5.32 Å². The summed E-state index contributed by atoms with van der Waals surface area (Å²) in [5, 5.41) is 6.71. The lowest BCUT2D eigenvalue weighted by molar-refractivity contribution is 0.0640. The number of aryl methyl sites for hydroxylation is 1. The van der Waals surface area contributed by atoms with Gasteiger partial charge in [-0.3, -0.25) is 10.2 Å². The zero-order valence-electron chi connectivity index (χ0n) is 13.7. The molecule has 2 amide bonds. The number of aromatic nitrogens is 1. The van der Waals surface area contributed by atoms with Gasteiger partial charge in [-0.1, -0.05) is 12.1 Å². The molecule has 0 radical (unpaired) electrons. The van der Waals surface area contributed by atoms with Crippen molar-refractivity contribution in [2.24, 2.45) is 0 Å². The van der Waals surface area contributed by atoms with Crippen molar-refractivity contribution in [1.82, 2.24) is 15.0 Å². The molecule has 1 aliphatic rings. The number of hydrogen-bond acceptors (Lipinski definition) is 4. The fraction of sp³-hybridized carbons (Fsp3) is 0.733.